The van der Waals surface area contributed by atoms with E-state index in [1.807, 2.05) is 19.9 Å². The van der Waals surface area contributed by atoms with Crippen molar-refractivity contribution in [3.63, 3.8) is 0 Å². The van der Waals surface area contributed by atoms with E-state index in [-0.39, 0.29) is 5.78 Å². The molecule has 0 saturated carbocycles. The standard InChI is InChI=1S/C26H29N3O2/c1-4-18-14-21-19(16-26(2,3)29-23(21)22(15-18)24(30)25(29)31)17-27-10-12-28(13-11-27)20-8-6-5-7-9-20/h5-9,14-16H,4,10-13,17H2,1-3H3. The number of Topliss-reactive ketones (excluding diaryl/α,β-unsaturated/α-hetero) is 1. The summed E-state index contributed by atoms with van der Waals surface area (Å²) in [6, 6.07) is 14.7. The van der Waals surface area contributed by atoms with Crippen molar-refractivity contribution < 1.29 is 9.59 Å². The molecule has 31 heavy (non-hydrogen) atoms. The lowest BCUT2D eigenvalue weighted by Gasteiger charge is -2.41. The molecule has 1 fully saturated rings. The lowest BCUT2D eigenvalue weighted by molar-refractivity contribution is -0.115. The van der Waals surface area contributed by atoms with Gasteiger partial charge in [-0.15, -0.1) is 0 Å². The van der Waals surface area contributed by atoms with Crippen molar-refractivity contribution in [2.75, 3.05) is 42.5 Å². The molecule has 0 aliphatic carbocycles. The number of ketones is 1. The number of carbonyl (C=O) groups is 2. The molecule has 0 aromatic heterocycles. The predicted octanol–water partition coefficient (Wildman–Crippen LogP) is 3.78. The van der Waals surface area contributed by atoms with E-state index in [0.29, 0.717) is 5.56 Å². The number of piperazine rings is 1. The smallest absolute Gasteiger partial charge is 0.300 e. The van der Waals surface area contributed by atoms with Crippen molar-refractivity contribution in [3.8, 4) is 0 Å². The Kier molecular flexibility index (Phi) is 4.74. The molecule has 3 heterocycles. The monoisotopic (exact) mass is 415 g/mol. The first-order chi connectivity index (χ1) is 14.9. The zero-order valence-corrected chi connectivity index (χ0v) is 18.5. The van der Waals surface area contributed by atoms with Crippen LogP contribution in [-0.2, 0) is 11.2 Å². The van der Waals surface area contributed by atoms with Gasteiger partial charge in [0.05, 0.1) is 16.8 Å². The molecule has 3 aliphatic heterocycles. The van der Waals surface area contributed by atoms with E-state index in [1.165, 1.54) is 11.3 Å². The maximum Gasteiger partial charge on any atom is 0.300 e. The summed E-state index contributed by atoms with van der Waals surface area (Å²) in [4.78, 5) is 32.2. The molecular weight excluding hydrogens is 386 g/mol. The fourth-order valence-electron chi connectivity index (χ4n) is 5.17. The van der Waals surface area contributed by atoms with Crippen molar-refractivity contribution in [1.82, 2.24) is 4.90 Å². The Labute approximate surface area is 183 Å². The topological polar surface area (TPSA) is 43.9 Å². The van der Waals surface area contributed by atoms with Gasteiger partial charge < -0.3 is 4.90 Å². The van der Waals surface area contributed by atoms with E-state index in [2.05, 4.69) is 59.2 Å². The molecule has 0 atom stereocenters. The van der Waals surface area contributed by atoms with E-state index in [9.17, 15) is 9.59 Å². The summed E-state index contributed by atoms with van der Waals surface area (Å²) in [7, 11) is 0. The first-order valence-corrected chi connectivity index (χ1v) is 11.2. The highest BCUT2D eigenvalue weighted by Crippen LogP contribution is 2.46. The average Bonchev–Trinajstić information content (AvgIpc) is 3.04. The number of amides is 1. The lowest BCUT2D eigenvalue weighted by atomic mass is 9.86. The summed E-state index contributed by atoms with van der Waals surface area (Å²) in [5.41, 5.74) is 5.55. The molecule has 0 N–H and O–H groups in total. The van der Waals surface area contributed by atoms with Crippen LogP contribution in [0.4, 0.5) is 11.4 Å². The number of rotatable bonds is 4. The third-order valence-corrected chi connectivity index (χ3v) is 6.78. The molecule has 5 heteroatoms. The first kappa shape index (κ1) is 20.0. The van der Waals surface area contributed by atoms with Crippen LogP contribution in [0.25, 0.3) is 5.57 Å². The summed E-state index contributed by atoms with van der Waals surface area (Å²) in [5, 5.41) is 0. The second-order valence-corrected chi connectivity index (χ2v) is 9.28. The van der Waals surface area contributed by atoms with Gasteiger partial charge in [0.1, 0.15) is 0 Å². The van der Waals surface area contributed by atoms with Gasteiger partial charge in [0.25, 0.3) is 11.7 Å². The van der Waals surface area contributed by atoms with Gasteiger partial charge >= 0.3 is 0 Å². The Morgan fingerprint density at radius 2 is 1.61 bits per heavy atom. The molecule has 0 radical (unpaired) electrons. The SMILES string of the molecule is CCc1cc2c3c(c1)C(CN1CCN(c4ccccc4)CC1)=CC(C)(C)N3C(=O)C2=O. The molecule has 1 saturated heterocycles. The number of benzene rings is 2. The lowest BCUT2D eigenvalue weighted by Crippen LogP contribution is -2.49. The summed E-state index contributed by atoms with van der Waals surface area (Å²) in [6.07, 6.45) is 3.03. The van der Waals surface area contributed by atoms with Crippen LogP contribution < -0.4 is 9.80 Å². The third kappa shape index (κ3) is 3.28. The maximum atomic E-state index is 12.8. The molecule has 3 aliphatic rings. The Morgan fingerprint density at radius 1 is 0.935 bits per heavy atom. The molecule has 0 spiro atoms. The Bertz CT molecular complexity index is 1080. The van der Waals surface area contributed by atoms with Crippen molar-refractivity contribution in [2.45, 2.75) is 32.7 Å². The Hall–Kier alpha value is -2.92. The minimum Gasteiger partial charge on any atom is -0.369 e. The highest BCUT2D eigenvalue weighted by Gasteiger charge is 2.47. The highest BCUT2D eigenvalue weighted by molar-refractivity contribution is 6.53. The van der Waals surface area contributed by atoms with Crippen LogP contribution in [0.2, 0.25) is 0 Å². The zero-order valence-electron chi connectivity index (χ0n) is 18.5. The number of para-hydroxylation sites is 1. The fraction of sp³-hybridized carbons (Fsp3) is 0.385. The molecular formula is C26H29N3O2. The molecule has 160 valence electrons. The number of hydrogen-bond acceptors (Lipinski definition) is 4. The van der Waals surface area contributed by atoms with Gasteiger partial charge in [-0.25, -0.2) is 0 Å². The van der Waals surface area contributed by atoms with Gasteiger partial charge in [0, 0.05) is 44.0 Å². The summed E-state index contributed by atoms with van der Waals surface area (Å²) in [6.45, 7) is 10.9. The first-order valence-electron chi connectivity index (χ1n) is 11.2. The van der Waals surface area contributed by atoms with Crippen LogP contribution in [0.1, 0.15) is 42.3 Å². The number of hydrogen-bond donors (Lipinski definition) is 0. The third-order valence-electron chi connectivity index (χ3n) is 6.78. The number of aryl methyl sites for hydroxylation is 1. The summed E-state index contributed by atoms with van der Waals surface area (Å²) in [5.74, 6) is -0.771. The molecule has 1 amide bonds. The zero-order chi connectivity index (χ0) is 21.8. The van der Waals surface area contributed by atoms with E-state index in [0.717, 1.165) is 56.0 Å². The number of carbonyl (C=O) groups excluding carboxylic acids is 2. The molecule has 5 nitrogen and oxygen atoms in total. The van der Waals surface area contributed by atoms with Crippen molar-refractivity contribution >= 4 is 28.6 Å². The molecule has 5 rings (SSSR count). The van der Waals surface area contributed by atoms with Gasteiger partial charge in [0.15, 0.2) is 0 Å². The second kappa shape index (κ2) is 7.34. The summed E-state index contributed by atoms with van der Waals surface area (Å²) >= 11 is 0. The van der Waals surface area contributed by atoms with Gasteiger partial charge in [-0.05, 0) is 55.7 Å². The molecule has 0 unspecified atom stereocenters. The van der Waals surface area contributed by atoms with Crippen LogP contribution >= 0.6 is 0 Å². The van der Waals surface area contributed by atoms with Gasteiger partial charge in [-0.2, -0.15) is 0 Å². The van der Waals surface area contributed by atoms with E-state index in [1.54, 1.807) is 4.90 Å². The minimum atomic E-state index is -0.514. The number of nitrogens with zero attached hydrogens (tertiary/aromatic N) is 3. The van der Waals surface area contributed by atoms with Gasteiger partial charge in [-0.1, -0.05) is 31.2 Å². The Morgan fingerprint density at radius 3 is 2.29 bits per heavy atom. The van der Waals surface area contributed by atoms with Gasteiger partial charge in [-0.3, -0.25) is 19.4 Å². The van der Waals surface area contributed by atoms with E-state index >= 15 is 0 Å². The van der Waals surface area contributed by atoms with Gasteiger partial charge in [0.2, 0.25) is 0 Å². The molecule has 2 aromatic carbocycles. The second-order valence-electron chi connectivity index (χ2n) is 9.28. The van der Waals surface area contributed by atoms with Crippen molar-refractivity contribution in [3.05, 3.63) is 65.2 Å². The summed E-state index contributed by atoms with van der Waals surface area (Å²) < 4.78 is 0. The predicted molar refractivity (Wildman–Crippen MR) is 125 cm³/mol. The minimum absolute atomic E-state index is 0.370. The van der Waals surface area contributed by atoms with Crippen LogP contribution in [0.3, 0.4) is 0 Å². The van der Waals surface area contributed by atoms with Crippen molar-refractivity contribution in [1.29, 1.82) is 0 Å². The van der Waals surface area contributed by atoms with E-state index < -0.39 is 11.4 Å². The fourth-order valence-corrected chi connectivity index (χ4v) is 5.17. The Balaban J connectivity index is 1.43. The van der Waals surface area contributed by atoms with E-state index in [4.69, 9.17) is 0 Å². The highest BCUT2D eigenvalue weighted by atomic mass is 16.2. The van der Waals surface area contributed by atoms with Crippen LogP contribution in [0.15, 0.2) is 48.5 Å². The quantitative estimate of drug-likeness (QED) is 0.713. The van der Waals surface area contributed by atoms with Crippen molar-refractivity contribution in [2.24, 2.45) is 0 Å². The molecule has 2 aromatic rings. The maximum absolute atomic E-state index is 12.8. The average molecular weight is 416 g/mol. The van der Waals surface area contributed by atoms with Crippen LogP contribution in [-0.4, -0.2) is 54.9 Å². The largest absolute Gasteiger partial charge is 0.369 e. The number of anilines is 2. The molecule has 0 bridgehead atoms. The normalized spacial score (nSPS) is 20.2. The van der Waals surface area contributed by atoms with Crippen LogP contribution in [0.5, 0.6) is 0 Å². The van der Waals surface area contributed by atoms with Crippen LogP contribution in [0, 0.1) is 0 Å².